The maximum Gasteiger partial charge on any atom is 0.304 e. The molecule has 17 heavy (non-hydrogen) atoms. The van der Waals surface area contributed by atoms with E-state index in [0.717, 1.165) is 37.2 Å². The van der Waals surface area contributed by atoms with Gasteiger partial charge in [0.1, 0.15) is 5.75 Å². The van der Waals surface area contributed by atoms with Gasteiger partial charge in [-0.05, 0) is 36.5 Å². The lowest BCUT2D eigenvalue weighted by atomic mass is 9.89. The van der Waals surface area contributed by atoms with Crippen molar-refractivity contribution < 1.29 is 14.6 Å². The number of carbonyl (C=O) groups is 1. The first-order valence-corrected chi connectivity index (χ1v) is 6.09. The summed E-state index contributed by atoms with van der Waals surface area (Å²) in [5.74, 6) is 0.316. The second-order valence-electron chi connectivity index (χ2n) is 5.23. The fourth-order valence-electron chi connectivity index (χ4n) is 2.82. The normalized spacial score (nSPS) is 19.6. The van der Waals surface area contributed by atoms with Crippen molar-refractivity contribution in [1.29, 1.82) is 0 Å². The molecule has 3 nitrogen and oxygen atoms in total. The number of carboxylic acid groups (broad SMARTS) is 1. The highest BCUT2D eigenvalue weighted by atomic mass is 16.5. The van der Waals surface area contributed by atoms with E-state index < -0.39 is 5.97 Å². The van der Waals surface area contributed by atoms with Crippen molar-refractivity contribution in [2.45, 2.75) is 38.0 Å². The Kier molecular flexibility index (Phi) is 2.18. The van der Waals surface area contributed by atoms with Crippen molar-refractivity contribution in [2.24, 2.45) is 0 Å². The highest BCUT2D eigenvalue weighted by Gasteiger charge is 2.46. The molecular weight excluding hydrogens is 216 g/mol. The molecule has 1 fully saturated rings. The van der Waals surface area contributed by atoms with Gasteiger partial charge < -0.3 is 9.84 Å². The van der Waals surface area contributed by atoms with Crippen molar-refractivity contribution in [3.8, 4) is 5.75 Å². The molecule has 0 radical (unpaired) electrons. The third kappa shape index (κ3) is 1.70. The lowest BCUT2D eigenvalue weighted by molar-refractivity contribution is -0.137. The molecular formula is C14H16O3. The van der Waals surface area contributed by atoms with E-state index in [4.69, 9.17) is 9.84 Å². The zero-order valence-electron chi connectivity index (χ0n) is 9.95. The van der Waals surface area contributed by atoms with Gasteiger partial charge in [0.15, 0.2) is 0 Å². The Bertz CT molecular complexity index is 486. The van der Waals surface area contributed by atoms with Crippen LogP contribution in [0.25, 0.3) is 0 Å². The van der Waals surface area contributed by atoms with E-state index in [0.29, 0.717) is 0 Å². The van der Waals surface area contributed by atoms with Gasteiger partial charge in [-0.2, -0.15) is 0 Å². The van der Waals surface area contributed by atoms with Crippen LogP contribution in [0.4, 0.5) is 0 Å². The number of aliphatic carboxylic acids is 1. The third-order valence-corrected chi connectivity index (χ3v) is 3.92. The molecule has 0 unspecified atom stereocenters. The zero-order valence-corrected chi connectivity index (χ0v) is 9.95. The molecule has 3 heteroatoms. The maximum atomic E-state index is 10.9. The molecule has 1 saturated carbocycles. The molecule has 2 aliphatic rings. The van der Waals surface area contributed by atoms with Crippen LogP contribution in [-0.4, -0.2) is 17.7 Å². The van der Waals surface area contributed by atoms with Crippen LogP contribution in [0, 0.1) is 6.92 Å². The predicted octanol–water partition coefficient (Wildman–Crippen LogP) is 2.44. The van der Waals surface area contributed by atoms with E-state index in [2.05, 4.69) is 12.1 Å². The summed E-state index contributed by atoms with van der Waals surface area (Å²) in [6.45, 7) is 2.80. The second-order valence-corrected chi connectivity index (χ2v) is 5.23. The smallest absolute Gasteiger partial charge is 0.304 e. The van der Waals surface area contributed by atoms with Gasteiger partial charge >= 0.3 is 5.97 Å². The molecule has 1 aliphatic carbocycles. The summed E-state index contributed by atoms with van der Waals surface area (Å²) in [7, 11) is 0. The van der Waals surface area contributed by atoms with E-state index in [1.807, 2.05) is 6.92 Å². The Labute approximate surface area is 100 Å². The molecule has 1 heterocycles. The fourth-order valence-corrected chi connectivity index (χ4v) is 2.82. The monoisotopic (exact) mass is 232 g/mol. The van der Waals surface area contributed by atoms with E-state index in [1.54, 1.807) is 0 Å². The summed E-state index contributed by atoms with van der Waals surface area (Å²) in [4.78, 5) is 10.9. The minimum Gasteiger partial charge on any atom is -0.493 e. The number of ether oxygens (including phenoxy) is 1. The lowest BCUT2D eigenvalue weighted by Gasteiger charge is -2.15. The largest absolute Gasteiger partial charge is 0.493 e. The van der Waals surface area contributed by atoms with Crippen LogP contribution in [-0.2, 0) is 16.6 Å². The standard InChI is InChI=1S/C14H16O3/c1-9-6-11(7-10-2-5-17-13(9)10)14(3-4-14)8-12(15)16/h6-7H,2-5,8H2,1H3,(H,15,16). The van der Waals surface area contributed by atoms with Gasteiger partial charge in [-0.1, -0.05) is 12.1 Å². The Hall–Kier alpha value is -1.51. The number of hydrogen-bond donors (Lipinski definition) is 1. The Morgan fingerprint density at radius 3 is 2.88 bits per heavy atom. The predicted molar refractivity (Wildman–Crippen MR) is 63.5 cm³/mol. The van der Waals surface area contributed by atoms with Gasteiger partial charge in [0, 0.05) is 11.8 Å². The Balaban J connectivity index is 1.99. The second kappa shape index (κ2) is 3.49. The van der Waals surface area contributed by atoms with Gasteiger partial charge in [0.25, 0.3) is 0 Å². The first-order chi connectivity index (χ1) is 8.11. The van der Waals surface area contributed by atoms with Gasteiger partial charge in [0.05, 0.1) is 13.0 Å². The summed E-state index contributed by atoms with van der Waals surface area (Å²) in [6, 6.07) is 4.27. The van der Waals surface area contributed by atoms with Crippen molar-refractivity contribution in [1.82, 2.24) is 0 Å². The average Bonchev–Trinajstić information content (AvgIpc) is 2.87. The molecule has 1 N–H and O–H groups in total. The summed E-state index contributed by atoms with van der Waals surface area (Å²) >= 11 is 0. The van der Waals surface area contributed by atoms with Gasteiger partial charge in [-0.15, -0.1) is 0 Å². The van der Waals surface area contributed by atoms with Crippen LogP contribution in [0.3, 0.4) is 0 Å². The van der Waals surface area contributed by atoms with Crippen LogP contribution in [0.1, 0.15) is 36.0 Å². The summed E-state index contributed by atoms with van der Waals surface area (Å²) in [5, 5.41) is 8.99. The van der Waals surface area contributed by atoms with Crippen LogP contribution in [0.15, 0.2) is 12.1 Å². The molecule has 0 amide bonds. The highest BCUT2D eigenvalue weighted by molar-refractivity contribution is 5.70. The molecule has 0 spiro atoms. The molecule has 0 aromatic heterocycles. The number of hydrogen-bond acceptors (Lipinski definition) is 2. The average molecular weight is 232 g/mol. The Morgan fingerprint density at radius 1 is 1.47 bits per heavy atom. The van der Waals surface area contributed by atoms with Crippen LogP contribution in [0.2, 0.25) is 0 Å². The van der Waals surface area contributed by atoms with E-state index in [-0.39, 0.29) is 11.8 Å². The minimum absolute atomic E-state index is 0.0891. The van der Waals surface area contributed by atoms with Gasteiger partial charge in [-0.25, -0.2) is 0 Å². The van der Waals surface area contributed by atoms with E-state index in [9.17, 15) is 4.79 Å². The minimum atomic E-state index is -0.697. The van der Waals surface area contributed by atoms with Gasteiger partial charge in [-0.3, -0.25) is 4.79 Å². The first-order valence-electron chi connectivity index (χ1n) is 6.09. The number of benzene rings is 1. The number of rotatable bonds is 3. The zero-order chi connectivity index (χ0) is 12.0. The number of aryl methyl sites for hydroxylation is 1. The molecule has 90 valence electrons. The molecule has 3 rings (SSSR count). The maximum absolute atomic E-state index is 10.9. The van der Waals surface area contributed by atoms with Crippen molar-refractivity contribution >= 4 is 5.97 Å². The van der Waals surface area contributed by atoms with Crippen molar-refractivity contribution in [3.63, 3.8) is 0 Å². The molecule has 0 atom stereocenters. The molecule has 1 aliphatic heterocycles. The molecule has 0 saturated heterocycles. The first kappa shape index (κ1) is 10.6. The van der Waals surface area contributed by atoms with Crippen LogP contribution in [0.5, 0.6) is 5.75 Å². The van der Waals surface area contributed by atoms with E-state index in [1.165, 1.54) is 11.1 Å². The van der Waals surface area contributed by atoms with Gasteiger partial charge in [0.2, 0.25) is 0 Å². The topological polar surface area (TPSA) is 46.5 Å². The van der Waals surface area contributed by atoms with Crippen molar-refractivity contribution in [2.75, 3.05) is 6.61 Å². The highest BCUT2D eigenvalue weighted by Crippen LogP contribution is 2.52. The fraction of sp³-hybridized carbons (Fsp3) is 0.500. The van der Waals surface area contributed by atoms with Crippen LogP contribution >= 0.6 is 0 Å². The third-order valence-electron chi connectivity index (χ3n) is 3.92. The van der Waals surface area contributed by atoms with E-state index >= 15 is 0 Å². The lowest BCUT2D eigenvalue weighted by Crippen LogP contribution is -2.13. The summed E-state index contributed by atoms with van der Waals surface area (Å²) in [5.41, 5.74) is 3.50. The Morgan fingerprint density at radius 2 is 2.24 bits per heavy atom. The van der Waals surface area contributed by atoms with Crippen LogP contribution < -0.4 is 4.74 Å². The SMILES string of the molecule is Cc1cc(C2(CC(=O)O)CC2)cc2c1OCC2. The number of fused-ring (bicyclic) bond motifs is 1. The summed E-state index contributed by atoms with van der Waals surface area (Å²) in [6.07, 6.45) is 3.20. The molecule has 1 aromatic carbocycles. The summed E-state index contributed by atoms with van der Waals surface area (Å²) < 4.78 is 5.58. The van der Waals surface area contributed by atoms with Crippen molar-refractivity contribution in [3.05, 3.63) is 28.8 Å². The number of carboxylic acids is 1. The molecule has 1 aromatic rings. The molecule has 0 bridgehead atoms. The quantitative estimate of drug-likeness (QED) is 0.870.